The summed E-state index contributed by atoms with van der Waals surface area (Å²) in [5.41, 5.74) is 2.83. The van der Waals surface area contributed by atoms with E-state index < -0.39 is 0 Å². The summed E-state index contributed by atoms with van der Waals surface area (Å²) in [6.07, 6.45) is 0.810. The van der Waals surface area contributed by atoms with Gasteiger partial charge in [-0.3, -0.25) is 9.89 Å². The molecule has 0 saturated carbocycles. The zero-order valence-electron chi connectivity index (χ0n) is 9.42. The maximum absolute atomic E-state index is 11.1. The van der Waals surface area contributed by atoms with E-state index in [9.17, 15) is 9.90 Å². The molecule has 0 atom stereocenters. The Morgan fingerprint density at radius 1 is 1.17 bits per heavy atom. The molecule has 0 unspecified atom stereocenters. The minimum absolute atomic E-state index is 0.173. The van der Waals surface area contributed by atoms with Crippen LogP contribution in [0.15, 0.2) is 42.5 Å². The fourth-order valence-electron chi connectivity index (χ4n) is 2.06. The normalized spacial score (nSPS) is 10.7. The molecule has 1 aromatic heterocycles. The summed E-state index contributed by atoms with van der Waals surface area (Å²) >= 11 is 0. The second-order valence-electron chi connectivity index (χ2n) is 4.01. The molecule has 0 spiro atoms. The number of aromatic amines is 1. The van der Waals surface area contributed by atoms with Crippen molar-refractivity contribution >= 4 is 17.2 Å². The summed E-state index contributed by atoms with van der Waals surface area (Å²) in [6.45, 7) is 0. The first-order valence-corrected chi connectivity index (χ1v) is 5.51. The van der Waals surface area contributed by atoms with Gasteiger partial charge in [0.1, 0.15) is 11.4 Å². The molecule has 0 saturated heterocycles. The summed E-state index contributed by atoms with van der Waals surface area (Å²) in [4.78, 5) is 11.1. The number of nitrogens with zero attached hydrogens (tertiary/aromatic N) is 1. The van der Waals surface area contributed by atoms with Crippen molar-refractivity contribution in [2.75, 3.05) is 0 Å². The van der Waals surface area contributed by atoms with Gasteiger partial charge < -0.3 is 5.11 Å². The van der Waals surface area contributed by atoms with Gasteiger partial charge in [-0.1, -0.05) is 24.3 Å². The number of rotatable bonds is 2. The monoisotopic (exact) mass is 238 g/mol. The first-order valence-electron chi connectivity index (χ1n) is 5.51. The predicted molar refractivity (Wildman–Crippen MR) is 68.6 cm³/mol. The molecule has 0 aliphatic rings. The van der Waals surface area contributed by atoms with Gasteiger partial charge in [0.2, 0.25) is 0 Å². The Balaban J connectivity index is 2.33. The Bertz CT molecular complexity index is 731. The molecule has 2 aromatic carbocycles. The fraction of sp³-hybridized carbons (Fsp3) is 0. The van der Waals surface area contributed by atoms with Crippen LogP contribution >= 0.6 is 0 Å². The zero-order chi connectivity index (χ0) is 12.5. The predicted octanol–water partition coefficient (Wildman–Crippen LogP) is 2.75. The van der Waals surface area contributed by atoms with Crippen molar-refractivity contribution in [3.8, 4) is 17.0 Å². The van der Waals surface area contributed by atoms with Crippen LogP contribution in [0, 0.1) is 0 Å². The highest BCUT2D eigenvalue weighted by Gasteiger charge is 2.11. The molecule has 0 radical (unpaired) electrons. The maximum atomic E-state index is 11.1. The second kappa shape index (κ2) is 4.00. The van der Waals surface area contributed by atoms with Crippen LogP contribution in [0.4, 0.5) is 0 Å². The first-order chi connectivity index (χ1) is 8.79. The number of phenols is 1. The minimum atomic E-state index is 0.173. The largest absolute Gasteiger partial charge is 0.508 e. The molecule has 4 heteroatoms. The van der Waals surface area contributed by atoms with Crippen LogP contribution in [0.5, 0.6) is 5.75 Å². The number of aldehydes is 1. The van der Waals surface area contributed by atoms with Gasteiger partial charge in [-0.15, -0.1) is 0 Å². The van der Waals surface area contributed by atoms with E-state index in [-0.39, 0.29) is 5.75 Å². The third kappa shape index (κ3) is 1.55. The maximum Gasteiger partial charge on any atom is 0.150 e. The molecule has 0 bridgehead atoms. The first kappa shape index (κ1) is 10.5. The standard InChI is InChI=1S/C14H10N2O2/c17-8-10-4-2-6-12-13(10)14(16-15-12)9-3-1-5-11(18)7-9/h1-8,18H,(H,15,16). The number of aromatic nitrogens is 2. The van der Waals surface area contributed by atoms with Gasteiger partial charge in [-0.2, -0.15) is 5.10 Å². The van der Waals surface area contributed by atoms with E-state index in [4.69, 9.17) is 0 Å². The van der Waals surface area contributed by atoms with Gasteiger partial charge in [-0.25, -0.2) is 0 Å². The van der Waals surface area contributed by atoms with Crippen molar-refractivity contribution in [2.45, 2.75) is 0 Å². The van der Waals surface area contributed by atoms with Crippen LogP contribution in [0.1, 0.15) is 10.4 Å². The smallest absolute Gasteiger partial charge is 0.150 e. The van der Waals surface area contributed by atoms with E-state index in [1.54, 1.807) is 30.3 Å². The third-order valence-corrected chi connectivity index (χ3v) is 2.87. The number of aromatic hydroxyl groups is 1. The highest BCUT2D eigenvalue weighted by atomic mass is 16.3. The quantitative estimate of drug-likeness (QED) is 0.674. The lowest BCUT2D eigenvalue weighted by Crippen LogP contribution is -1.84. The SMILES string of the molecule is O=Cc1cccc2[nH]nc(-c3cccc(O)c3)c12. The van der Waals surface area contributed by atoms with Crippen LogP contribution in [0.3, 0.4) is 0 Å². The Labute approximate surface area is 103 Å². The minimum Gasteiger partial charge on any atom is -0.508 e. The van der Waals surface area contributed by atoms with Gasteiger partial charge in [0, 0.05) is 16.5 Å². The highest BCUT2D eigenvalue weighted by molar-refractivity contribution is 6.04. The topological polar surface area (TPSA) is 66.0 Å². The molecule has 0 aliphatic carbocycles. The van der Waals surface area contributed by atoms with Crippen LogP contribution in [-0.4, -0.2) is 21.6 Å². The summed E-state index contributed by atoms with van der Waals surface area (Å²) < 4.78 is 0. The van der Waals surface area contributed by atoms with Crippen molar-refractivity contribution in [1.29, 1.82) is 0 Å². The molecular formula is C14H10N2O2. The van der Waals surface area contributed by atoms with Crippen molar-refractivity contribution in [2.24, 2.45) is 0 Å². The molecule has 88 valence electrons. The van der Waals surface area contributed by atoms with Crippen molar-refractivity contribution < 1.29 is 9.90 Å². The molecule has 2 N–H and O–H groups in total. The van der Waals surface area contributed by atoms with Crippen molar-refractivity contribution in [3.63, 3.8) is 0 Å². The Morgan fingerprint density at radius 3 is 2.78 bits per heavy atom. The van der Waals surface area contributed by atoms with Gasteiger partial charge in [-0.05, 0) is 18.2 Å². The lowest BCUT2D eigenvalue weighted by molar-refractivity contribution is 0.112. The average molecular weight is 238 g/mol. The number of benzene rings is 2. The Morgan fingerprint density at radius 2 is 2.00 bits per heavy atom. The van der Waals surface area contributed by atoms with E-state index in [0.29, 0.717) is 11.3 Å². The lowest BCUT2D eigenvalue weighted by atomic mass is 10.0. The summed E-state index contributed by atoms with van der Waals surface area (Å²) in [6, 6.07) is 12.2. The molecule has 0 aliphatic heterocycles. The zero-order valence-corrected chi connectivity index (χ0v) is 9.42. The highest BCUT2D eigenvalue weighted by Crippen LogP contribution is 2.29. The number of carbonyl (C=O) groups is 1. The van der Waals surface area contributed by atoms with Crippen molar-refractivity contribution in [3.05, 3.63) is 48.0 Å². The number of H-pyrrole nitrogens is 1. The Kier molecular flexibility index (Phi) is 2.34. The molecule has 3 aromatic rings. The summed E-state index contributed by atoms with van der Waals surface area (Å²) in [5.74, 6) is 0.173. The third-order valence-electron chi connectivity index (χ3n) is 2.87. The van der Waals surface area contributed by atoms with E-state index in [1.165, 1.54) is 0 Å². The number of fused-ring (bicyclic) bond motifs is 1. The van der Waals surface area contributed by atoms with Crippen LogP contribution < -0.4 is 0 Å². The van der Waals surface area contributed by atoms with Gasteiger partial charge >= 0.3 is 0 Å². The van der Waals surface area contributed by atoms with Crippen LogP contribution in [0.25, 0.3) is 22.2 Å². The number of carbonyl (C=O) groups excluding carboxylic acids is 1. The van der Waals surface area contributed by atoms with E-state index in [2.05, 4.69) is 10.2 Å². The molecule has 0 amide bonds. The van der Waals surface area contributed by atoms with Gasteiger partial charge in [0.05, 0.1) is 5.52 Å². The van der Waals surface area contributed by atoms with Gasteiger partial charge in [0.25, 0.3) is 0 Å². The van der Waals surface area contributed by atoms with Crippen LogP contribution in [-0.2, 0) is 0 Å². The van der Waals surface area contributed by atoms with Crippen LogP contribution in [0.2, 0.25) is 0 Å². The molecule has 4 nitrogen and oxygen atoms in total. The number of hydrogen-bond donors (Lipinski definition) is 2. The molecule has 18 heavy (non-hydrogen) atoms. The molecular weight excluding hydrogens is 228 g/mol. The van der Waals surface area contributed by atoms with E-state index in [1.807, 2.05) is 12.1 Å². The average Bonchev–Trinajstić information content (AvgIpc) is 2.82. The van der Waals surface area contributed by atoms with Crippen molar-refractivity contribution in [1.82, 2.24) is 10.2 Å². The number of phenolic OH excluding ortho intramolecular Hbond substituents is 1. The van der Waals surface area contributed by atoms with E-state index in [0.717, 1.165) is 22.8 Å². The number of nitrogens with one attached hydrogen (secondary N) is 1. The summed E-state index contributed by atoms with van der Waals surface area (Å²) in [5, 5.41) is 17.4. The van der Waals surface area contributed by atoms with E-state index >= 15 is 0 Å². The molecule has 1 heterocycles. The second-order valence-corrected chi connectivity index (χ2v) is 4.01. The molecule has 3 rings (SSSR count). The lowest BCUT2D eigenvalue weighted by Gasteiger charge is -2.00. The van der Waals surface area contributed by atoms with Gasteiger partial charge in [0.15, 0.2) is 6.29 Å². The fourth-order valence-corrected chi connectivity index (χ4v) is 2.06. The number of hydrogen-bond acceptors (Lipinski definition) is 3. The Hall–Kier alpha value is -2.62. The summed E-state index contributed by atoms with van der Waals surface area (Å²) in [7, 11) is 0. The molecule has 0 fully saturated rings.